The predicted molar refractivity (Wildman–Crippen MR) is 87.3 cm³/mol. The first-order valence-corrected chi connectivity index (χ1v) is 7.94. The van der Waals surface area contributed by atoms with Crippen LogP contribution in [0.1, 0.15) is 37.7 Å². The number of nitriles is 1. The molecule has 1 aromatic rings. The van der Waals surface area contributed by atoms with E-state index in [0.29, 0.717) is 22.0 Å². The van der Waals surface area contributed by atoms with Crippen LogP contribution in [0.5, 0.6) is 0 Å². The predicted octanol–water partition coefficient (Wildman–Crippen LogP) is 4.70. The number of aliphatic imine (C=N–C) groups is 1. The molecule has 0 bridgehead atoms. The molecule has 5 heteroatoms. The fourth-order valence-corrected chi connectivity index (χ4v) is 3.79. The summed E-state index contributed by atoms with van der Waals surface area (Å²) in [6.45, 7) is 1.84. The van der Waals surface area contributed by atoms with Crippen LogP contribution in [0, 0.1) is 17.2 Å². The Bertz CT molecular complexity index is 758. The second-order valence-electron chi connectivity index (χ2n) is 5.64. The Balaban J connectivity index is 2.21. The van der Waals surface area contributed by atoms with Gasteiger partial charge in [-0.25, -0.2) is 0 Å². The molecule has 3 nitrogen and oxygen atoms in total. The number of hydrogen-bond acceptors (Lipinski definition) is 3. The van der Waals surface area contributed by atoms with Crippen molar-refractivity contribution < 1.29 is 4.79 Å². The minimum Gasteiger partial charge on any atom is -0.294 e. The molecule has 3 rings (SSSR count). The lowest BCUT2D eigenvalue weighted by Crippen LogP contribution is -2.30. The van der Waals surface area contributed by atoms with Crippen LogP contribution in [-0.2, 0) is 4.79 Å². The number of carbonyl (C=O) groups excluding carboxylic acids is 1. The molecule has 1 heterocycles. The zero-order valence-corrected chi connectivity index (χ0v) is 13.6. The Morgan fingerprint density at radius 2 is 2.09 bits per heavy atom. The van der Waals surface area contributed by atoms with E-state index in [1.54, 1.807) is 12.1 Å². The number of nitrogens with zero attached hydrogens (tertiary/aromatic N) is 2. The molecule has 1 aliphatic heterocycles. The van der Waals surface area contributed by atoms with Crippen molar-refractivity contribution in [1.82, 2.24) is 0 Å². The molecule has 2 atom stereocenters. The van der Waals surface area contributed by atoms with Crippen molar-refractivity contribution in [2.45, 2.75) is 32.1 Å². The lowest BCUT2D eigenvalue weighted by Gasteiger charge is -2.32. The largest absolute Gasteiger partial charge is 0.294 e. The van der Waals surface area contributed by atoms with Crippen molar-refractivity contribution in [2.24, 2.45) is 10.9 Å². The Morgan fingerprint density at radius 1 is 1.32 bits per heavy atom. The van der Waals surface area contributed by atoms with E-state index in [9.17, 15) is 10.1 Å². The highest BCUT2D eigenvalue weighted by Gasteiger charge is 2.39. The van der Waals surface area contributed by atoms with Crippen molar-refractivity contribution in [2.75, 3.05) is 0 Å². The van der Waals surface area contributed by atoms with Gasteiger partial charge in [0.2, 0.25) is 0 Å². The van der Waals surface area contributed by atoms with Gasteiger partial charge in [-0.1, -0.05) is 29.3 Å². The summed E-state index contributed by atoms with van der Waals surface area (Å²) >= 11 is 12.3. The average molecular weight is 333 g/mol. The normalized spacial score (nSPS) is 24.6. The van der Waals surface area contributed by atoms with Gasteiger partial charge in [-0.3, -0.25) is 9.79 Å². The van der Waals surface area contributed by atoms with Crippen molar-refractivity contribution >= 4 is 34.7 Å². The molecule has 0 amide bonds. The molecular formula is C17H14Cl2N2O. The summed E-state index contributed by atoms with van der Waals surface area (Å²) < 4.78 is 0. The monoisotopic (exact) mass is 332 g/mol. The second kappa shape index (κ2) is 5.87. The van der Waals surface area contributed by atoms with Gasteiger partial charge in [-0.15, -0.1) is 0 Å². The number of carbonyl (C=O) groups is 1. The first kappa shape index (κ1) is 15.3. The molecule has 0 radical (unpaired) electrons. The summed E-state index contributed by atoms with van der Waals surface area (Å²) in [6.07, 6.45) is 2.10. The number of ketones is 1. The van der Waals surface area contributed by atoms with E-state index in [2.05, 4.69) is 11.1 Å². The van der Waals surface area contributed by atoms with Gasteiger partial charge in [-0.05, 0) is 37.5 Å². The van der Waals surface area contributed by atoms with E-state index in [-0.39, 0.29) is 11.7 Å². The number of halogens is 2. The van der Waals surface area contributed by atoms with Crippen molar-refractivity contribution in [3.8, 4) is 6.07 Å². The van der Waals surface area contributed by atoms with E-state index >= 15 is 0 Å². The maximum Gasteiger partial charge on any atom is 0.161 e. The maximum absolute atomic E-state index is 12.5. The number of allylic oxidation sites excluding steroid dienone is 2. The summed E-state index contributed by atoms with van der Waals surface area (Å²) in [5, 5.41) is 10.6. The van der Waals surface area contributed by atoms with Crippen LogP contribution in [0.3, 0.4) is 0 Å². The number of Topliss-reactive ketones (excluding diaryl/α,β-unsaturated/α-hetero) is 1. The van der Waals surface area contributed by atoms with Gasteiger partial charge in [0.15, 0.2) is 5.78 Å². The van der Waals surface area contributed by atoms with Gasteiger partial charge in [0.25, 0.3) is 0 Å². The molecule has 22 heavy (non-hydrogen) atoms. The highest BCUT2D eigenvalue weighted by molar-refractivity contribution is 6.35. The lowest BCUT2D eigenvalue weighted by molar-refractivity contribution is -0.116. The van der Waals surface area contributed by atoms with Crippen LogP contribution in [0.4, 0.5) is 0 Å². The number of benzene rings is 1. The van der Waals surface area contributed by atoms with E-state index in [4.69, 9.17) is 23.2 Å². The molecule has 112 valence electrons. The smallest absolute Gasteiger partial charge is 0.161 e. The summed E-state index contributed by atoms with van der Waals surface area (Å²) in [4.78, 5) is 17.0. The van der Waals surface area contributed by atoms with Gasteiger partial charge in [0, 0.05) is 39.4 Å². The highest BCUT2D eigenvalue weighted by Crippen LogP contribution is 2.45. The summed E-state index contributed by atoms with van der Waals surface area (Å²) in [6, 6.07) is 7.50. The van der Waals surface area contributed by atoms with Crippen LogP contribution in [0.2, 0.25) is 10.0 Å². The molecule has 0 saturated heterocycles. The number of rotatable bonds is 1. The summed E-state index contributed by atoms with van der Waals surface area (Å²) in [5.41, 5.74) is 2.99. The Kier molecular flexibility index (Phi) is 4.08. The molecule has 0 fully saturated rings. The van der Waals surface area contributed by atoms with Crippen molar-refractivity contribution in [3.05, 3.63) is 45.1 Å². The zero-order chi connectivity index (χ0) is 15.9. The van der Waals surface area contributed by atoms with Crippen LogP contribution in [0.25, 0.3) is 0 Å². The Hall–Kier alpha value is -1.63. The third kappa shape index (κ3) is 2.47. The summed E-state index contributed by atoms with van der Waals surface area (Å²) in [5.74, 6) is -0.747. The fraction of sp³-hybridized carbons (Fsp3) is 0.353. The van der Waals surface area contributed by atoms with Gasteiger partial charge in [0.1, 0.15) is 0 Å². The van der Waals surface area contributed by atoms with E-state index < -0.39 is 5.92 Å². The number of hydrogen-bond donors (Lipinski definition) is 0. The average Bonchev–Trinajstić information content (AvgIpc) is 2.46. The molecule has 1 unspecified atom stereocenters. The molecule has 0 aromatic heterocycles. The first-order chi connectivity index (χ1) is 10.5. The van der Waals surface area contributed by atoms with Crippen LogP contribution in [0.15, 0.2) is 34.5 Å². The van der Waals surface area contributed by atoms with E-state index in [1.165, 1.54) is 0 Å². The van der Waals surface area contributed by atoms with E-state index in [0.717, 1.165) is 29.8 Å². The standard InChI is InChI=1S/C17H14Cl2N2O/c1-9-12(8-20)16(11-6-5-10(18)7-13(11)19)17-14(21-9)3-2-4-15(17)22/h5-7,12,16H,2-4H2,1H3/t12?,16-/m1/s1. The third-order valence-corrected chi connectivity index (χ3v) is 4.83. The van der Waals surface area contributed by atoms with Crippen LogP contribution < -0.4 is 0 Å². The first-order valence-electron chi connectivity index (χ1n) is 7.19. The minimum absolute atomic E-state index is 0.0776. The second-order valence-corrected chi connectivity index (χ2v) is 6.48. The topological polar surface area (TPSA) is 53.2 Å². The quantitative estimate of drug-likeness (QED) is 0.748. The van der Waals surface area contributed by atoms with Crippen LogP contribution >= 0.6 is 23.2 Å². The zero-order valence-electron chi connectivity index (χ0n) is 12.1. The fourth-order valence-electron chi connectivity index (χ4n) is 3.26. The molecule has 1 aliphatic carbocycles. The van der Waals surface area contributed by atoms with E-state index in [1.807, 2.05) is 13.0 Å². The molecule has 0 spiro atoms. The molecular weight excluding hydrogens is 319 g/mol. The molecule has 1 aromatic carbocycles. The van der Waals surface area contributed by atoms with Gasteiger partial charge in [-0.2, -0.15) is 5.26 Å². The van der Waals surface area contributed by atoms with Gasteiger partial charge >= 0.3 is 0 Å². The highest BCUT2D eigenvalue weighted by atomic mass is 35.5. The third-order valence-electron chi connectivity index (χ3n) is 4.27. The van der Waals surface area contributed by atoms with Crippen molar-refractivity contribution in [3.63, 3.8) is 0 Å². The summed E-state index contributed by atoms with van der Waals surface area (Å²) in [7, 11) is 0. The minimum atomic E-state index is -0.473. The van der Waals surface area contributed by atoms with Gasteiger partial charge in [0.05, 0.1) is 12.0 Å². The SMILES string of the molecule is CC1=NC2=C(C(=O)CCC2)[C@H](c2ccc(Cl)cc2Cl)C1C#N. The molecule has 0 N–H and O–H groups in total. The molecule has 2 aliphatic rings. The van der Waals surface area contributed by atoms with Crippen LogP contribution in [-0.4, -0.2) is 11.5 Å². The lowest BCUT2D eigenvalue weighted by atomic mass is 9.72. The Labute approximate surface area is 139 Å². The molecule has 0 saturated carbocycles. The Morgan fingerprint density at radius 3 is 2.77 bits per heavy atom. The van der Waals surface area contributed by atoms with Gasteiger partial charge < -0.3 is 0 Å². The maximum atomic E-state index is 12.5. The van der Waals surface area contributed by atoms with Crippen molar-refractivity contribution in [1.29, 1.82) is 5.26 Å².